The molecule has 0 atom stereocenters. The Morgan fingerprint density at radius 3 is 1.50 bits per heavy atom. The Hall–Kier alpha value is 1.16. The molecule has 0 unspecified atom stereocenters. The summed E-state index contributed by atoms with van der Waals surface area (Å²) >= 11 is -0.931. The average Bonchev–Trinajstić information content (AvgIpc) is 1.71. The predicted molar refractivity (Wildman–Crippen MR) is 35.9 cm³/mol. The molecule has 0 aliphatic heterocycles. The second-order valence-electron chi connectivity index (χ2n) is 1.06. The van der Waals surface area contributed by atoms with Gasteiger partial charge in [0.1, 0.15) is 0 Å². The molecule has 0 rings (SSSR count). The van der Waals surface area contributed by atoms with Gasteiger partial charge < -0.3 is 5.32 Å². The molecule has 0 aliphatic rings. The summed E-state index contributed by atoms with van der Waals surface area (Å²) < 4.78 is 0. The summed E-state index contributed by atoms with van der Waals surface area (Å²) in [5, 5.41) is 3.11. The van der Waals surface area contributed by atoms with E-state index in [0.29, 0.717) is 0 Å². The van der Waals surface area contributed by atoms with Crippen LogP contribution in [0.15, 0.2) is 0 Å². The maximum absolute atomic E-state index is 4.95. The first-order chi connectivity index (χ1) is 3.83. The van der Waals surface area contributed by atoms with E-state index < -0.39 is 15.1 Å². The number of nitrogens with one attached hydrogen (secondary N) is 1. The third-order valence-electron chi connectivity index (χ3n) is 0.500. The SMILES string of the molecule is CCNCC.[Cl][Zn][Cl]. The van der Waals surface area contributed by atoms with Crippen LogP contribution in [-0.4, -0.2) is 13.1 Å². The van der Waals surface area contributed by atoms with Gasteiger partial charge in [-0.15, -0.1) is 0 Å². The first kappa shape index (κ1) is 11.9. The van der Waals surface area contributed by atoms with Crippen molar-refractivity contribution < 1.29 is 15.1 Å². The second kappa shape index (κ2) is 15.7. The van der Waals surface area contributed by atoms with Crippen molar-refractivity contribution >= 4 is 19.4 Å². The van der Waals surface area contributed by atoms with Gasteiger partial charge in [-0.25, -0.2) is 0 Å². The van der Waals surface area contributed by atoms with Gasteiger partial charge in [0, 0.05) is 0 Å². The van der Waals surface area contributed by atoms with Gasteiger partial charge in [-0.05, 0) is 13.1 Å². The van der Waals surface area contributed by atoms with E-state index >= 15 is 0 Å². The van der Waals surface area contributed by atoms with Gasteiger partial charge in [-0.2, -0.15) is 0 Å². The minimum absolute atomic E-state index is 0.931. The van der Waals surface area contributed by atoms with Crippen LogP contribution in [0.3, 0.4) is 0 Å². The number of hydrogen-bond donors (Lipinski definition) is 1. The van der Waals surface area contributed by atoms with Gasteiger partial charge in [0.05, 0.1) is 0 Å². The predicted octanol–water partition coefficient (Wildman–Crippen LogP) is 1.99. The van der Waals surface area contributed by atoms with Crippen LogP contribution in [0.5, 0.6) is 0 Å². The van der Waals surface area contributed by atoms with E-state index in [1.165, 1.54) is 0 Å². The van der Waals surface area contributed by atoms with Crippen molar-refractivity contribution in [2.24, 2.45) is 0 Å². The van der Waals surface area contributed by atoms with Crippen molar-refractivity contribution in [2.45, 2.75) is 13.8 Å². The number of hydrogen-bond acceptors (Lipinski definition) is 1. The van der Waals surface area contributed by atoms with Gasteiger partial charge in [-0.1, -0.05) is 13.8 Å². The van der Waals surface area contributed by atoms with Crippen LogP contribution in [0.25, 0.3) is 0 Å². The first-order valence-corrected chi connectivity index (χ1v) is 10.5. The van der Waals surface area contributed by atoms with Crippen LogP contribution in [0.2, 0.25) is 0 Å². The van der Waals surface area contributed by atoms with Gasteiger partial charge >= 0.3 is 34.5 Å². The van der Waals surface area contributed by atoms with Gasteiger partial charge in [-0.3, -0.25) is 0 Å². The molecule has 0 aromatic heterocycles. The summed E-state index contributed by atoms with van der Waals surface area (Å²) in [5.41, 5.74) is 0. The number of rotatable bonds is 2. The summed E-state index contributed by atoms with van der Waals surface area (Å²) in [5.74, 6) is 0. The molecule has 0 amide bonds. The average molecular weight is 209 g/mol. The first-order valence-electron chi connectivity index (χ1n) is 2.66. The minimum atomic E-state index is -0.931. The Kier molecular flexibility index (Phi) is 23.4. The van der Waals surface area contributed by atoms with Gasteiger partial charge in [0.15, 0.2) is 0 Å². The molecule has 0 radical (unpaired) electrons. The topological polar surface area (TPSA) is 12.0 Å². The van der Waals surface area contributed by atoms with E-state index in [2.05, 4.69) is 19.2 Å². The van der Waals surface area contributed by atoms with Crippen molar-refractivity contribution in [2.75, 3.05) is 13.1 Å². The molecule has 0 fully saturated rings. The van der Waals surface area contributed by atoms with E-state index in [0.717, 1.165) is 13.1 Å². The molecule has 1 N–H and O–H groups in total. The molecular formula is C4H11Cl2NZn. The fourth-order valence-electron chi connectivity index (χ4n) is 0.250. The van der Waals surface area contributed by atoms with Crippen LogP contribution in [-0.2, 0) is 15.1 Å². The van der Waals surface area contributed by atoms with E-state index in [4.69, 9.17) is 19.4 Å². The maximum atomic E-state index is 4.95. The molecular weight excluding hydrogens is 198 g/mol. The Labute approximate surface area is 66.8 Å². The van der Waals surface area contributed by atoms with Crippen molar-refractivity contribution in [3.8, 4) is 0 Å². The van der Waals surface area contributed by atoms with Crippen molar-refractivity contribution in [1.29, 1.82) is 0 Å². The fourth-order valence-corrected chi connectivity index (χ4v) is 0.250. The summed E-state index contributed by atoms with van der Waals surface area (Å²) in [6.45, 7) is 6.39. The molecule has 48 valence electrons. The van der Waals surface area contributed by atoms with E-state index in [1.807, 2.05) is 0 Å². The summed E-state index contributed by atoms with van der Waals surface area (Å²) in [4.78, 5) is 0. The normalized spacial score (nSPS) is 6.50. The quantitative estimate of drug-likeness (QED) is 0.686. The third-order valence-corrected chi connectivity index (χ3v) is 0.500. The second-order valence-corrected chi connectivity index (χ2v) is 5.68. The molecule has 0 saturated carbocycles. The zero-order chi connectivity index (χ0) is 6.83. The third kappa shape index (κ3) is 27.2. The van der Waals surface area contributed by atoms with Crippen LogP contribution >= 0.6 is 19.4 Å². The fraction of sp³-hybridized carbons (Fsp3) is 1.00. The molecule has 0 aliphatic carbocycles. The Morgan fingerprint density at radius 1 is 1.25 bits per heavy atom. The molecule has 0 saturated heterocycles. The van der Waals surface area contributed by atoms with Gasteiger partial charge in [0.25, 0.3) is 0 Å². The van der Waals surface area contributed by atoms with Crippen LogP contribution < -0.4 is 5.32 Å². The summed E-state index contributed by atoms with van der Waals surface area (Å²) in [6, 6.07) is 0. The van der Waals surface area contributed by atoms with Crippen molar-refractivity contribution in [3.63, 3.8) is 0 Å². The van der Waals surface area contributed by atoms with E-state index in [9.17, 15) is 0 Å². The van der Waals surface area contributed by atoms with E-state index in [-0.39, 0.29) is 0 Å². The van der Waals surface area contributed by atoms with Crippen molar-refractivity contribution in [3.05, 3.63) is 0 Å². The molecule has 0 spiro atoms. The van der Waals surface area contributed by atoms with Crippen LogP contribution in [0.4, 0.5) is 0 Å². The zero-order valence-corrected chi connectivity index (χ0v) is 9.86. The molecule has 0 bridgehead atoms. The van der Waals surface area contributed by atoms with E-state index in [1.54, 1.807) is 0 Å². The molecule has 1 nitrogen and oxygen atoms in total. The molecule has 0 aromatic carbocycles. The van der Waals surface area contributed by atoms with Crippen LogP contribution in [0, 0.1) is 0 Å². The number of halogens is 2. The Morgan fingerprint density at radius 2 is 1.50 bits per heavy atom. The van der Waals surface area contributed by atoms with Crippen molar-refractivity contribution in [1.82, 2.24) is 5.32 Å². The summed E-state index contributed by atoms with van der Waals surface area (Å²) in [6.07, 6.45) is 0. The Bertz CT molecular complexity index is 28.0. The monoisotopic (exact) mass is 207 g/mol. The molecule has 0 heterocycles. The molecule has 8 heavy (non-hydrogen) atoms. The van der Waals surface area contributed by atoms with Gasteiger partial charge in [0.2, 0.25) is 0 Å². The molecule has 0 aromatic rings. The summed E-state index contributed by atoms with van der Waals surface area (Å²) in [7, 11) is 9.90. The zero-order valence-electron chi connectivity index (χ0n) is 5.38. The molecule has 4 heteroatoms. The Balaban J connectivity index is 0. The van der Waals surface area contributed by atoms with Crippen LogP contribution in [0.1, 0.15) is 13.8 Å². The standard InChI is InChI=1S/C4H11N.2ClH.Zn/c1-3-5-4-2;;;/h5H,3-4H2,1-2H3;2*1H;/q;;;+2/p-2.